The maximum Gasteiger partial charge on any atom is 0.308 e. The number of ketones is 1. The second-order valence-corrected chi connectivity index (χ2v) is 8.79. The molecule has 3 rings (SSSR count). The molecule has 0 aromatic rings. The van der Waals surface area contributed by atoms with Crippen molar-refractivity contribution in [2.75, 3.05) is 0 Å². The van der Waals surface area contributed by atoms with E-state index >= 15 is 0 Å². The van der Waals surface area contributed by atoms with Gasteiger partial charge >= 0.3 is 11.9 Å². The van der Waals surface area contributed by atoms with E-state index in [9.17, 15) is 19.5 Å². The molecule has 0 radical (unpaired) electrons. The molecule has 0 aromatic heterocycles. The number of rotatable bonds is 6. The first-order chi connectivity index (χ1) is 13.8. The molecule has 2 aliphatic carbocycles. The molecule has 0 aromatic carbocycles. The lowest BCUT2D eigenvalue weighted by Gasteiger charge is -2.42. The fraction of sp³-hybridized carbons (Fsp3) is 0.696. The first kappa shape index (κ1) is 21.8. The molecule has 1 saturated heterocycles. The summed E-state index contributed by atoms with van der Waals surface area (Å²) < 4.78 is 11.2. The van der Waals surface area contributed by atoms with Crippen molar-refractivity contribution >= 4 is 17.7 Å². The topological polar surface area (TPSA) is 89.9 Å². The summed E-state index contributed by atoms with van der Waals surface area (Å²) in [5.41, 5.74) is 0.923. The van der Waals surface area contributed by atoms with Crippen LogP contribution in [0.2, 0.25) is 0 Å². The molecule has 1 unspecified atom stereocenters. The summed E-state index contributed by atoms with van der Waals surface area (Å²) in [5, 5.41) is 9.86. The summed E-state index contributed by atoms with van der Waals surface area (Å²) in [6.45, 7) is 5.91. The Kier molecular flexibility index (Phi) is 6.93. The Bertz CT molecular complexity index is 708. The molecule has 6 heteroatoms. The van der Waals surface area contributed by atoms with E-state index in [1.165, 1.54) is 0 Å². The highest BCUT2D eigenvalue weighted by Gasteiger charge is 2.42. The second-order valence-electron chi connectivity index (χ2n) is 8.79. The lowest BCUT2D eigenvalue weighted by Crippen LogP contribution is -2.42. The summed E-state index contributed by atoms with van der Waals surface area (Å²) in [4.78, 5) is 36.3. The predicted molar refractivity (Wildman–Crippen MR) is 107 cm³/mol. The van der Waals surface area contributed by atoms with E-state index in [0.29, 0.717) is 19.3 Å². The van der Waals surface area contributed by atoms with Gasteiger partial charge in [0.2, 0.25) is 0 Å². The van der Waals surface area contributed by atoms with E-state index in [1.54, 1.807) is 6.08 Å². The van der Waals surface area contributed by atoms with Crippen LogP contribution in [-0.2, 0) is 23.9 Å². The summed E-state index contributed by atoms with van der Waals surface area (Å²) in [6, 6.07) is 0. The Hall–Kier alpha value is -1.95. The fourth-order valence-electron chi connectivity index (χ4n) is 4.70. The zero-order valence-corrected chi connectivity index (χ0v) is 17.5. The zero-order valence-electron chi connectivity index (χ0n) is 17.5. The Balaban J connectivity index is 1.75. The van der Waals surface area contributed by atoms with Gasteiger partial charge in [-0.25, -0.2) is 0 Å². The molecular weight excluding hydrogens is 372 g/mol. The van der Waals surface area contributed by atoms with E-state index in [-0.39, 0.29) is 60.3 Å². The standard InChI is InChI=1S/C23H32O6/c1-4-13(2)23(27)29-20-11-16(24)9-15-6-5-14(3)19(22(15)20)8-7-18-10-17(25)12-21(26)28-18/h5-6,9,13-14,17-20,22,25H,4,7-8,10-12H2,1-3H3/t13-,14-,17+,18+,19-,20-,22?/m0/s1. The number of allylic oxidation sites excluding steroid dienone is 3. The van der Waals surface area contributed by atoms with Crippen molar-refractivity contribution in [1.82, 2.24) is 0 Å². The van der Waals surface area contributed by atoms with Crippen LogP contribution in [0.3, 0.4) is 0 Å². The highest BCUT2D eigenvalue weighted by Crippen LogP contribution is 2.43. The first-order valence-electron chi connectivity index (χ1n) is 10.8. The van der Waals surface area contributed by atoms with Crippen molar-refractivity contribution in [1.29, 1.82) is 0 Å². The van der Waals surface area contributed by atoms with E-state index in [4.69, 9.17) is 9.47 Å². The Morgan fingerprint density at radius 2 is 2.07 bits per heavy atom. The molecule has 6 nitrogen and oxygen atoms in total. The van der Waals surface area contributed by atoms with Gasteiger partial charge in [0.15, 0.2) is 5.78 Å². The van der Waals surface area contributed by atoms with Gasteiger partial charge < -0.3 is 14.6 Å². The van der Waals surface area contributed by atoms with Crippen LogP contribution in [0.25, 0.3) is 0 Å². The summed E-state index contributed by atoms with van der Waals surface area (Å²) >= 11 is 0. The van der Waals surface area contributed by atoms with Crippen molar-refractivity contribution < 1.29 is 29.0 Å². The molecule has 1 aliphatic heterocycles. The van der Waals surface area contributed by atoms with Crippen LogP contribution >= 0.6 is 0 Å². The molecule has 0 spiro atoms. The molecule has 160 valence electrons. The predicted octanol–water partition coefficient (Wildman–Crippen LogP) is 3.13. The smallest absolute Gasteiger partial charge is 0.308 e. The number of cyclic esters (lactones) is 1. The van der Waals surface area contributed by atoms with E-state index < -0.39 is 12.2 Å². The van der Waals surface area contributed by atoms with Gasteiger partial charge in [0, 0.05) is 18.8 Å². The van der Waals surface area contributed by atoms with Crippen molar-refractivity contribution in [2.45, 2.75) is 77.6 Å². The Morgan fingerprint density at radius 1 is 1.31 bits per heavy atom. The number of carbonyl (C=O) groups is 3. The quantitative estimate of drug-likeness (QED) is 0.684. The van der Waals surface area contributed by atoms with Crippen LogP contribution in [-0.4, -0.2) is 41.1 Å². The lowest BCUT2D eigenvalue weighted by atomic mass is 9.66. The SMILES string of the molecule is CC[C@H](C)C(=O)O[C@H]1CC(=O)C=C2C=C[C@H](C)[C@H](CC[C@@H]3C[C@@H](O)CC(=O)O3)C21. The van der Waals surface area contributed by atoms with Crippen LogP contribution in [0.4, 0.5) is 0 Å². The van der Waals surface area contributed by atoms with Crippen molar-refractivity contribution in [3.8, 4) is 0 Å². The second kappa shape index (κ2) is 9.24. The third-order valence-electron chi connectivity index (χ3n) is 6.58. The zero-order chi connectivity index (χ0) is 21.1. The minimum atomic E-state index is -0.642. The number of ether oxygens (including phenoxy) is 2. The number of hydrogen-bond donors (Lipinski definition) is 1. The molecule has 0 amide bonds. The molecule has 0 bridgehead atoms. The highest BCUT2D eigenvalue weighted by atomic mass is 16.6. The first-order valence-corrected chi connectivity index (χ1v) is 10.8. The van der Waals surface area contributed by atoms with Gasteiger partial charge in [-0.3, -0.25) is 14.4 Å². The van der Waals surface area contributed by atoms with Gasteiger partial charge in [-0.05, 0) is 42.7 Å². The number of hydrogen-bond acceptors (Lipinski definition) is 6. The number of esters is 2. The molecule has 0 saturated carbocycles. The molecular formula is C23H32O6. The lowest BCUT2D eigenvalue weighted by molar-refractivity contribution is -0.162. The van der Waals surface area contributed by atoms with Crippen LogP contribution in [0, 0.1) is 23.7 Å². The van der Waals surface area contributed by atoms with Crippen LogP contribution in [0.5, 0.6) is 0 Å². The van der Waals surface area contributed by atoms with Crippen LogP contribution in [0.1, 0.15) is 59.3 Å². The van der Waals surface area contributed by atoms with Gasteiger partial charge in [-0.2, -0.15) is 0 Å². The molecule has 3 aliphatic rings. The maximum absolute atomic E-state index is 12.4. The van der Waals surface area contributed by atoms with E-state index in [1.807, 2.05) is 19.9 Å². The van der Waals surface area contributed by atoms with Crippen molar-refractivity contribution in [3.05, 3.63) is 23.8 Å². The normalized spacial score (nSPS) is 35.4. The maximum atomic E-state index is 12.4. The van der Waals surface area contributed by atoms with Gasteiger partial charge in [0.1, 0.15) is 12.2 Å². The number of aliphatic hydroxyl groups excluding tert-OH is 1. The highest BCUT2D eigenvalue weighted by molar-refractivity contribution is 5.92. The van der Waals surface area contributed by atoms with Gasteiger partial charge in [0.25, 0.3) is 0 Å². The number of carbonyl (C=O) groups excluding carboxylic acids is 3. The summed E-state index contributed by atoms with van der Waals surface area (Å²) in [7, 11) is 0. The van der Waals surface area contributed by atoms with Crippen molar-refractivity contribution in [3.63, 3.8) is 0 Å². The van der Waals surface area contributed by atoms with Gasteiger partial charge in [-0.15, -0.1) is 0 Å². The number of aliphatic hydroxyl groups is 1. The molecule has 7 atom stereocenters. The van der Waals surface area contributed by atoms with Crippen molar-refractivity contribution in [2.24, 2.45) is 23.7 Å². The van der Waals surface area contributed by atoms with Gasteiger partial charge in [0.05, 0.1) is 18.4 Å². The third kappa shape index (κ3) is 5.16. The molecule has 1 N–H and O–H groups in total. The van der Waals surface area contributed by atoms with Gasteiger partial charge in [-0.1, -0.05) is 32.9 Å². The monoisotopic (exact) mass is 404 g/mol. The molecule has 29 heavy (non-hydrogen) atoms. The largest absolute Gasteiger partial charge is 0.462 e. The van der Waals surface area contributed by atoms with Crippen LogP contribution < -0.4 is 0 Å². The summed E-state index contributed by atoms with van der Waals surface area (Å²) in [5.74, 6) is -0.430. The van der Waals surface area contributed by atoms with Crippen LogP contribution in [0.15, 0.2) is 23.8 Å². The summed E-state index contributed by atoms with van der Waals surface area (Å²) in [6.07, 6.45) is 7.22. The molecule has 1 heterocycles. The third-order valence-corrected chi connectivity index (χ3v) is 6.58. The minimum Gasteiger partial charge on any atom is -0.462 e. The minimum absolute atomic E-state index is 0.0134. The fourth-order valence-corrected chi connectivity index (χ4v) is 4.70. The Labute approximate surface area is 172 Å². The van der Waals surface area contributed by atoms with E-state index in [0.717, 1.165) is 12.0 Å². The molecule has 1 fully saturated rings. The number of fused-ring (bicyclic) bond motifs is 1. The van der Waals surface area contributed by atoms with E-state index in [2.05, 4.69) is 13.0 Å². The average Bonchev–Trinajstić information content (AvgIpc) is 2.65. The Morgan fingerprint density at radius 3 is 2.76 bits per heavy atom. The average molecular weight is 405 g/mol.